The van der Waals surface area contributed by atoms with Gasteiger partial charge in [-0.25, -0.2) is 14.4 Å². The monoisotopic (exact) mass is 494 g/mol. The Labute approximate surface area is 209 Å². The third-order valence-corrected chi connectivity index (χ3v) is 6.33. The van der Waals surface area contributed by atoms with Crippen molar-refractivity contribution < 1.29 is 23.3 Å². The van der Waals surface area contributed by atoms with Gasteiger partial charge in [0.15, 0.2) is 23.1 Å². The largest absolute Gasteiger partial charge is 0.493 e. The van der Waals surface area contributed by atoms with Gasteiger partial charge in [-0.2, -0.15) is 0 Å². The number of hydrogen-bond acceptors (Lipinski definition) is 7. The molecule has 0 radical (unpaired) electrons. The number of aryl methyl sites for hydroxylation is 1. The summed E-state index contributed by atoms with van der Waals surface area (Å²) in [5.41, 5.74) is 2.22. The maximum atomic E-state index is 15.1. The first-order chi connectivity index (χ1) is 17.6. The summed E-state index contributed by atoms with van der Waals surface area (Å²) in [5.74, 6) is 1.05. The van der Waals surface area contributed by atoms with Crippen molar-refractivity contribution in [3.8, 4) is 23.1 Å². The molecule has 0 bridgehead atoms. The van der Waals surface area contributed by atoms with Crippen LogP contribution in [-0.4, -0.2) is 66.4 Å². The van der Waals surface area contributed by atoms with E-state index in [4.69, 9.17) is 18.9 Å². The summed E-state index contributed by atoms with van der Waals surface area (Å²) in [5, 5.41) is 1.08. The number of hydrogen-bond donors (Lipinski definition) is 1. The van der Waals surface area contributed by atoms with Crippen LogP contribution in [0.5, 0.6) is 23.1 Å². The molecule has 9 heteroatoms. The van der Waals surface area contributed by atoms with Crippen LogP contribution in [0.2, 0.25) is 0 Å². The molecule has 190 valence electrons. The van der Waals surface area contributed by atoms with Gasteiger partial charge in [-0.1, -0.05) is 0 Å². The van der Waals surface area contributed by atoms with Gasteiger partial charge in [-0.3, -0.25) is 0 Å². The minimum atomic E-state index is -0.442. The lowest BCUT2D eigenvalue weighted by Crippen LogP contribution is -2.31. The standard InChI is InChI=1S/C27H31FN4O4/c1-18-14-19-21(31-18)6-7-23(26(19)28)36-27-20-15-24(33-2)25(16-22(20)29-17-30-27)35-13-5-10-32-8-3-11-34-12-4-9-32/h6-7,14-17,31H,3-5,8-13H2,1-2H3. The van der Waals surface area contributed by atoms with Gasteiger partial charge in [0.1, 0.15) is 6.33 Å². The highest BCUT2D eigenvalue weighted by atomic mass is 19.1. The van der Waals surface area contributed by atoms with E-state index in [-0.39, 0.29) is 11.6 Å². The van der Waals surface area contributed by atoms with Crippen LogP contribution in [0.1, 0.15) is 25.0 Å². The van der Waals surface area contributed by atoms with Crippen LogP contribution >= 0.6 is 0 Å². The minimum Gasteiger partial charge on any atom is -0.493 e. The maximum absolute atomic E-state index is 15.1. The molecular weight excluding hydrogens is 463 g/mol. The molecule has 1 N–H and O–H groups in total. The Bertz CT molecular complexity index is 1330. The highest BCUT2D eigenvalue weighted by Crippen LogP contribution is 2.37. The molecule has 3 heterocycles. The Morgan fingerprint density at radius 3 is 2.67 bits per heavy atom. The molecule has 2 aromatic carbocycles. The molecule has 1 saturated heterocycles. The van der Waals surface area contributed by atoms with Crippen LogP contribution in [0, 0.1) is 12.7 Å². The molecule has 2 aromatic heterocycles. The van der Waals surface area contributed by atoms with Crippen molar-refractivity contribution in [1.29, 1.82) is 0 Å². The van der Waals surface area contributed by atoms with Crippen LogP contribution < -0.4 is 14.2 Å². The van der Waals surface area contributed by atoms with Gasteiger partial charge >= 0.3 is 0 Å². The Kier molecular flexibility index (Phi) is 7.48. The fourth-order valence-corrected chi connectivity index (χ4v) is 4.55. The number of methoxy groups -OCH3 is 1. The number of halogens is 1. The predicted octanol–water partition coefficient (Wildman–Crippen LogP) is 5.24. The van der Waals surface area contributed by atoms with E-state index < -0.39 is 5.82 Å². The van der Waals surface area contributed by atoms with E-state index in [2.05, 4.69) is 19.9 Å². The van der Waals surface area contributed by atoms with E-state index in [9.17, 15) is 0 Å². The Balaban J connectivity index is 1.31. The Morgan fingerprint density at radius 2 is 1.86 bits per heavy atom. The number of H-pyrrole nitrogens is 1. The number of nitrogens with one attached hydrogen (secondary N) is 1. The molecule has 1 aliphatic rings. The van der Waals surface area contributed by atoms with Crippen molar-refractivity contribution in [1.82, 2.24) is 19.9 Å². The Morgan fingerprint density at radius 1 is 1.03 bits per heavy atom. The first kappa shape index (κ1) is 24.3. The summed E-state index contributed by atoms with van der Waals surface area (Å²) < 4.78 is 38.2. The molecule has 0 amide bonds. The van der Waals surface area contributed by atoms with Gasteiger partial charge in [0.05, 0.1) is 24.6 Å². The van der Waals surface area contributed by atoms with E-state index in [1.807, 2.05) is 13.0 Å². The van der Waals surface area contributed by atoms with Crippen LogP contribution in [0.25, 0.3) is 21.8 Å². The van der Waals surface area contributed by atoms with Crippen molar-refractivity contribution in [2.24, 2.45) is 0 Å². The summed E-state index contributed by atoms with van der Waals surface area (Å²) in [6, 6.07) is 8.72. The summed E-state index contributed by atoms with van der Waals surface area (Å²) in [7, 11) is 1.59. The van der Waals surface area contributed by atoms with Gasteiger partial charge in [-0.15, -0.1) is 0 Å². The van der Waals surface area contributed by atoms with E-state index in [1.54, 1.807) is 31.4 Å². The fourth-order valence-electron chi connectivity index (χ4n) is 4.55. The highest BCUT2D eigenvalue weighted by molar-refractivity contribution is 5.87. The number of fused-ring (bicyclic) bond motifs is 2. The third-order valence-electron chi connectivity index (χ3n) is 6.33. The van der Waals surface area contributed by atoms with Crippen molar-refractivity contribution >= 4 is 21.8 Å². The van der Waals surface area contributed by atoms with Crippen molar-refractivity contribution in [3.05, 3.63) is 48.2 Å². The predicted molar refractivity (Wildman–Crippen MR) is 136 cm³/mol. The molecule has 0 saturated carbocycles. The molecule has 0 aliphatic carbocycles. The lowest BCUT2D eigenvalue weighted by Gasteiger charge is -2.24. The SMILES string of the molecule is COc1cc2c(Oc3ccc4[nH]c(C)cc4c3F)ncnc2cc1OCCCN1CCCOCCC1. The summed E-state index contributed by atoms with van der Waals surface area (Å²) in [6.45, 7) is 7.20. The normalized spacial score (nSPS) is 15.1. The summed E-state index contributed by atoms with van der Waals surface area (Å²) in [4.78, 5) is 14.2. The van der Waals surface area contributed by atoms with E-state index in [0.717, 1.165) is 57.8 Å². The van der Waals surface area contributed by atoms with Crippen molar-refractivity contribution in [2.75, 3.05) is 46.6 Å². The zero-order chi connectivity index (χ0) is 24.9. The van der Waals surface area contributed by atoms with Crippen LogP contribution in [-0.2, 0) is 4.74 Å². The van der Waals surface area contributed by atoms with E-state index in [0.29, 0.717) is 39.9 Å². The fraction of sp³-hybridized carbons (Fsp3) is 0.407. The van der Waals surface area contributed by atoms with Gasteiger partial charge in [0.25, 0.3) is 0 Å². The second kappa shape index (κ2) is 11.1. The zero-order valence-corrected chi connectivity index (χ0v) is 20.7. The number of nitrogens with zero attached hydrogens (tertiary/aromatic N) is 3. The lowest BCUT2D eigenvalue weighted by molar-refractivity contribution is 0.0869. The molecule has 1 aliphatic heterocycles. The summed E-state index contributed by atoms with van der Waals surface area (Å²) >= 11 is 0. The lowest BCUT2D eigenvalue weighted by atomic mass is 10.2. The Hall–Kier alpha value is -3.43. The molecule has 36 heavy (non-hydrogen) atoms. The zero-order valence-electron chi connectivity index (χ0n) is 20.7. The topological polar surface area (TPSA) is 81.7 Å². The second-order valence-corrected chi connectivity index (χ2v) is 8.96. The number of aromatic amines is 1. The molecule has 4 aromatic rings. The van der Waals surface area contributed by atoms with Gasteiger partial charge < -0.3 is 28.8 Å². The smallest absolute Gasteiger partial charge is 0.230 e. The number of aromatic nitrogens is 3. The average molecular weight is 495 g/mol. The molecule has 1 fully saturated rings. The quantitative estimate of drug-likeness (QED) is 0.336. The van der Waals surface area contributed by atoms with Gasteiger partial charge in [0.2, 0.25) is 5.88 Å². The molecule has 0 spiro atoms. The first-order valence-electron chi connectivity index (χ1n) is 12.3. The van der Waals surface area contributed by atoms with Crippen molar-refractivity contribution in [3.63, 3.8) is 0 Å². The minimum absolute atomic E-state index is 0.0940. The molecule has 5 rings (SSSR count). The molecule has 8 nitrogen and oxygen atoms in total. The summed E-state index contributed by atoms with van der Waals surface area (Å²) in [6.07, 6.45) is 4.43. The average Bonchev–Trinajstić information content (AvgIpc) is 3.25. The number of benzene rings is 2. The third kappa shape index (κ3) is 5.37. The number of rotatable bonds is 8. The van der Waals surface area contributed by atoms with E-state index >= 15 is 4.39 Å². The molecule has 0 atom stereocenters. The maximum Gasteiger partial charge on any atom is 0.230 e. The van der Waals surface area contributed by atoms with Crippen molar-refractivity contribution in [2.45, 2.75) is 26.2 Å². The molecule has 0 unspecified atom stereocenters. The van der Waals surface area contributed by atoms with Crippen LogP contribution in [0.15, 0.2) is 36.7 Å². The van der Waals surface area contributed by atoms with Crippen LogP contribution in [0.3, 0.4) is 0 Å². The number of ether oxygens (including phenoxy) is 4. The van der Waals surface area contributed by atoms with Gasteiger partial charge in [-0.05, 0) is 50.5 Å². The first-order valence-corrected chi connectivity index (χ1v) is 12.3. The highest BCUT2D eigenvalue weighted by Gasteiger charge is 2.17. The van der Waals surface area contributed by atoms with E-state index in [1.165, 1.54) is 6.33 Å². The van der Waals surface area contributed by atoms with Gasteiger partial charge in [0, 0.05) is 55.5 Å². The second-order valence-electron chi connectivity index (χ2n) is 8.96. The molecular formula is C27H31FN4O4. The van der Waals surface area contributed by atoms with Crippen LogP contribution in [0.4, 0.5) is 4.39 Å².